The molecule has 2 aromatic carbocycles. The number of ether oxygens (including phenoxy) is 2. The van der Waals surface area contributed by atoms with Gasteiger partial charge in [-0.25, -0.2) is 8.42 Å². The van der Waals surface area contributed by atoms with E-state index in [-0.39, 0.29) is 10.8 Å². The van der Waals surface area contributed by atoms with Gasteiger partial charge < -0.3 is 14.8 Å². The summed E-state index contributed by atoms with van der Waals surface area (Å²) in [5, 5.41) is 2.78. The van der Waals surface area contributed by atoms with Crippen molar-refractivity contribution in [1.82, 2.24) is 4.31 Å². The fraction of sp³-hybridized carbons (Fsp3) is 0.409. The third-order valence-corrected chi connectivity index (χ3v) is 7.52. The van der Waals surface area contributed by atoms with E-state index in [1.54, 1.807) is 31.2 Å². The molecule has 8 heteroatoms. The van der Waals surface area contributed by atoms with Crippen LogP contribution in [0, 0.1) is 5.92 Å². The van der Waals surface area contributed by atoms with Crippen LogP contribution >= 0.6 is 0 Å². The molecule has 0 aromatic heterocycles. The smallest absolute Gasteiger partial charge is 0.269 e. The maximum Gasteiger partial charge on any atom is 0.269 e. The van der Waals surface area contributed by atoms with Crippen LogP contribution in [0.4, 0.5) is 5.69 Å². The molecule has 30 heavy (non-hydrogen) atoms. The van der Waals surface area contributed by atoms with Gasteiger partial charge in [-0.15, -0.1) is 0 Å². The largest absolute Gasteiger partial charge is 0.482 e. The lowest BCUT2D eigenvalue weighted by Gasteiger charge is -2.31. The van der Waals surface area contributed by atoms with Crippen LogP contribution in [0.3, 0.4) is 0 Å². The number of sulfonamides is 1. The Hall–Kier alpha value is -2.58. The topological polar surface area (TPSA) is 84.9 Å². The second-order valence-electron chi connectivity index (χ2n) is 7.91. The van der Waals surface area contributed by atoms with E-state index in [1.165, 1.54) is 16.4 Å². The van der Waals surface area contributed by atoms with Crippen LogP contribution in [0.15, 0.2) is 53.4 Å². The van der Waals surface area contributed by atoms with Gasteiger partial charge in [0.1, 0.15) is 6.10 Å². The molecule has 2 aromatic rings. The summed E-state index contributed by atoms with van der Waals surface area (Å²) in [6, 6.07) is 13.5. The number of carbonyl (C=O) groups is 1. The zero-order valence-corrected chi connectivity index (χ0v) is 17.9. The Bertz CT molecular complexity index is 1010. The molecule has 1 amide bonds. The molecular formula is C22H26N2O5S. The average Bonchev–Trinajstić information content (AvgIpc) is 2.74. The Morgan fingerprint density at radius 3 is 2.20 bits per heavy atom. The standard InChI is InChI=1S/C22H26N2O5S/c1-15-11-13-24(14-12-15)30(26,27)18-9-7-17(8-10-18)23-22(25)21-16(2)28-19-5-3-4-6-20(19)29-21/h3-10,15-16,21H,11-14H2,1-2H3,(H,23,25). The van der Waals surface area contributed by atoms with Crippen LogP contribution in [0.5, 0.6) is 11.5 Å². The van der Waals surface area contributed by atoms with E-state index in [1.807, 2.05) is 12.1 Å². The van der Waals surface area contributed by atoms with Gasteiger partial charge in [0.2, 0.25) is 16.1 Å². The van der Waals surface area contributed by atoms with E-state index in [9.17, 15) is 13.2 Å². The van der Waals surface area contributed by atoms with E-state index in [4.69, 9.17) is 9.47 Å². The number of anilines is 1. The van der Waals surface area contributed by atoms with E-state index < -0.39 is 22.2 Å². The summed E-state index contributed by atoms with van der Waals surface area (Å²) < 4.78 is 38.8. The van der Waals surface area contributed by atoms with Crippen LogP contribution in [0.2, 0.25) is 0 Å². The minimum atomic E-state index is -3.52. The number of nitrogens with zero attached hydrogens (tertiary/aromatic N) is 1. The number of fused-ring (bicyclic) bond motifs is 1. The molecule has 4 rings (SSSR count). The first-order valence-corrected chi connectivity index (χ1v) is 11.6. The summed E-state index contributed by atoms with van der Waals surface area (Å²) in [7, 11) is -3.52. The van der Waals surface area contributed by atoms with Crippen molar-refractivity contribution in [1.29, 1.82) is 0 Å². The molecule has 2 aliphatic rings. The first-order chi connectivity index (χ1) is 14.3. The van der Waals surface area contributed by atoms with Crippen LogP contribution in [-0.2, 0) is 14.8 Å². The Balaban J connectivity index is 1.43. The van der Waals surface area contributed by atoms with Crippen molar-refractivity contribution in [2.45, 2.75) is 43.8 Å². The predicted molar refractivity (Wildman–Crippen MR) is 113 cm³/mol. The van der Waals surface area contributed by atoms with Crippen molar-refractivity contribution in [3.8, 4) is 11.5 Å². The zero-order valence-electron chi connectivity index (χ0n) is 17.1. The number of para-hydroxylation sites is 2. The molecule has 7 nitrogen and oxygen atoms in total. The number of rotatable bonds is 4. The first-order valence-electron chi connectivity index (χ1n) is 10.2. The van der Waals surface area contributed by atoms with Crippen LogP contribution < -0.4 is 14.8 Å². The molecule has 2 atom stereocenters. The van der Waals surface area contributed by atoms with Gasteiger partial charge in [-0.2, -0.15) is 4.31 Å². The minimum Gasteiger partial charge on any atom is -0.482 e. The Labute approximate surface area is 177 Å². The molecule has 1 fully saturated rings. The van der Waals surface area contributed by atoms with Crippen molar-refractivity contribution in [2.24, 2.45) is 5.92 Å². The molecule has 1 saturated heterocycles. The number of amides is 1. The van der Waals surface area contributed by atoms with Crippen LogP contribution in [-0.4, -0.2) is 43.9 Å². The van der Waals surface area contributed by atoms with Gasteiger partial charge >= 0.3 is 0 Å². The average molecular weight is 431 g/mol. The number of hydrogen-bond donors (Lipinski definition) is 1. The van der Waals surface area contributed by atoms with Crippen LogP contribution in [0.25, 0.3) is 0 Å². The normalized spacial score (nSPS) is 22.5. The van der Waals surface area contributed by atoms with Crippen molar-refractivity contribution < 1.29 is 22.7 Å². The Morgan fingerprint density at radius 2 is 1.57 bits per heavy atom. The second kappa shape index (κ2) is 8.28. The van der Waals surface area contributed by atoms with Crippen molar-refractivity contribution in [2.75, 3.05) is 18.4 Å². The lowest BCUT2D eigenvalue weighted by Crippen LogP contribution is -2.46. The summed E-state index contributed by atoms with van der Waals surface area (Å²) in [4.78, 5) is 12.9. The fourth-order valence-corrected chi connectivity index (χ4v) is 5.17. The van der Waals surface area contributed by atoms with Gasteiger partial charge in [-0.05, 0) is 62.1 Å². The molecule has 1 N–H and O–H groups in total. The van der Waals surface area contributed by atoms with Crippen molar-refractivity contribution in [3.05, 3.63) is 48.5 Å². The van der Waals surface area contributed by atoms with Crippen molar-refractivity contribution >= 4 is 21.6 Å². The van der Waals surface area contributed by atoms with E-state index in [0.717, 1.165) is 12.8 Å². The van der Waals surface area contributed by atoms with Gasteiger partial charge in [0.15, 0.2) is 11.5 Å². The number of carbonyl (C=O) groups excluding carboxylic acids is 1. The maximum atomic E-state index is 12.8. The molecule has 2 aliphatic heterocycles. The van der Waals surface area contributed by atoms with Crippen LogP contribution in [0.1, 0.15) is 26.7 Å². The highest BCUT2D eigenvalue weighted by molar-refractivity contribution is 7.89. The molecule has 0 bridgehead atoms. The maximum absolute atomic E-state index is 12.8. The number of piperidine rings is 1. The molecule has 0 saturated carbocycles. The summed E-state index contributed by atoms with van der Waals surface area (Å²) in [6.45, 7) is 5.00. The van der Waals surface area contributed by atoms with Gasteiger partial charge in [0.25, 0.3) is 5.91 Å². The lowest BCUT2D eigenvalue weighted by atomic mass is 10.0. The SMILES string of the molecule is CC1CCN(S(=O)(=O)c2ccc(NC(=O)C3Oc4ccccc4OC3C)cc2)CC1. The Kier molecular flexibility index (Phi) is 5.71. The molecule has 0 radical (unpaired) electrons. The second-order valence-corrected chi connectivity index (χ2v) is 9.85. The van der Waals surface area contributed by atoms with E-state index in [0.29, 0.717) is 36.2 Å². The molecule has 160 valence electrons. The van der Waals surface area contributed by atoms with E-state index >= 15 is 0 Å². The summed E-state index contributed by atoms with van der Waals surface area (Å²) >= 11 is 0. The first kappa shape index (κ1) is 20.7. The molecule has 0 aliphatic carbocycles. The fourth-order valence-electron chi connectivity index (χ4n) is 3.70. The molecule has 2 heterocycles. The van der Waals surface area contributed by atoms with Gasteiger partial charge in [0.05, 0.1) is 4.90 Å². The highest BCUT2D eigenvalue weighted by Crippen LogP contribution is 2.33. The molecule has 0 spiro atoms. The number of hydrogen-bond acceptors (Lipinski definition) is 5. The lowest BCUT2D eigenvalue weighted by molar-refractivity contribution is -0.128. The highest BCUT2D eigenvalue weighted by Gasteiger charge is 2.34. The monoisotopic (exact) mass is 430 g/mol. The quantitative estimate of drug-likeness (QED) is 0.805. The Morgan fingerprint density at radius 1 is 0.967 bits per heavy atom. The van der Waals surface area contributed by atoms with Gasteiger partial charge in [-0.1, -0.05) is 19.1 Å². The summed E-state index contributed by atoms with van der Waals surface area (Å²) in [5.41, 5.74) is 0.501. The minimum absolute atomic E-state index is 0.231. The zero-order chi connectivity index (χ0) is 21.3. The summed E-state index contributed by atoms with van der Waals surface area (Å²) in [6.07, 6.45) is 0.482. The highest BCUT2D eigenvalue weighted by atomic mass is 32.2. The third-order valence-electron chi connectivity index (χ3n) is 5.60. The summed E-state index contributed by atoms with van der Waals surface area (Å²) in [5.74, 6) is 1.33. The molecular weight excluding hydrogens is 404 g/mol. The number of benzene rings is 2. The van der Waals surface area contributed by atoms with Gasteiger partial charge in [0, 0.05) is 18.8 Å². The number of nitrogens with one attached hydrogen (secondary N) is 1. The van der Waals surface area contributed by atoms with Crippen molar-refractivity contribution in [3.63, 3.8) is 0 Å². The third kappa shape index (κ3) is 4.15. The molecule has 2 unspecified atom stereocenters. The van der Waals surface area contributed by atoms with E-state index in [2.05, 4.69) is 12.2 Å². The predicted octanol–water partition coefficient (Wildman–Crippen LogP) is 3.27. The van der Waals surface area contributed by atoms with Gasteiger partial charge in [-0.3, -0.25) is 4.79 Å².